The van der Waals surface area contributed by atoms with Crippen LogP contribution in [-0.4, -0.2) is 70.9 Å². The molecular formula is C23H36N6O2. The smallest absolute Gasteiger partial charge is 0.273 e. The highest BCUT2D eigenvalue weighted by Gasteiger charge is 2.33. The quantitative estimate of drug-likeness (QED) is 0.719. The molecule has 0 aromatic carbocycles. The summed E-state index contributed by atoms with van der Waals surface area (Å²) in [6, 6.07) is 0. The summed E-state index contributed by atoms with van der Waals surface area (Å²) in [4.78, 5) is 40.0. The molecule has 1 saturated carbocycles. The molecule has 0 spiro atoms. The molecule has 0 bridgehead atoms. The van der Waals surface area contributed by atoms with Crippen molar-refractivity contribution in [2.75, 3.05) is 49.5 Å². The highest BCUT2D eigenvalue weighted by Crippen LogP contribution is 2.31. The molecule has 1 aliphatic carbocycles. The molecule has 0 radical (unpaired) electrons. The summed E-state index contributed by atoms with van der Waals surface area (Å²) in [6.07, 6.45) is 8.82. The van der Waals surface area contributed by atoms with E-state index in [4.69, 9.17) is 9.97 Å². The molecule has 1 saturated heterocycles. The maximum absolute atomic E-state index is 13.0. The van der Waals surface area contributed by atoms with E-state index >= 15 is 0 Å². The van der Waals surface area contributed by atoms with Gasteiger partial charge in [-0.05, 0) is 18.8 Å². The third-order valence-corrected chi connectivity index (χ3v) is 6.91. The number of nitrogens with zero attached hydrogens (tertiary/aromatic N) is 5. The van der Waals surface area contributed by atoms with Gasteiger partial charge in [-0.2, -0.15) is 4.98 Å². The summed E-state index contributed by atoms with van der Waals surface area (Å²) < 4.78 is 0. The Morgan fingerprint density at radius 2 is 1.84 bits per heavy atom. The Hall–Kier alpha value is -2.38. The van der Waals surface area contributed by atoms with Crippen molar-refractivity contribution in [3.63, 3.8) is 0 Å². The van der Waals surface area contributed by atoms with Crippen molar-refractivity contribution in [2.24, 2.45) is 5.92 Å². The molecule has 8 heteroatoms. The van der Waals surface area contributed by atoms with E-state index in [2.05, 4.69) is 17.1 Å². The number of anilines is 2. The number of rotatable bonds is 7. The average Bonchev–Trinajstić information content (AvgIpc) is 3.10. The van der Waals surface area contributed by atoms with Crippen LogP contribution in [0.4, 0.5) is 11.8 Å². The topological polar surface area (TPSA) is 81.7 Å². The van der Waals surface area contributed by atoms with Crippen LogP contribution in [0.25, 0.3) is 0 Å². The van der Waals surface area contributed by atoms with Crippen LogP contribution in [0, 0.1) is 5.92 Å². The first-order valence-corrected chi connectivity index (χ1v) is 12.0. The normalized spacial score (nSPS) is 19.7. The molecule has 2 amide bonds. The monoisotopic (exact) mass is 428 g/mol. The number of piperazine rings is 1. The molecule has 31 heavy (non-hydrogen) atoms. The van der Waals surface area contributed by atoms with Crippen LogP contribution in [0.5, 0.6) is 0 Å². The lowest BCUT2D eigenvalue weighted by Crippen LogP contribution is -2.48. The largest absolute Gasteiger partial charge is 0.370 e. The summed E-state index contributed by atoms with van der Waals surface area (Å²) >= 11 is 0. The van der Waals surface area contributed by atoms with E-state index in [9.17, 15) is 9.59 Å². The number of carbonyl (C=O) groups is 2. The molecule has 1 N–H and O–H groups in total. The van der Waals surface area contributed by atoms with Crippen molar-refractivity contribution in [3.8, 4) is 0 Å². The lowest BCUT2D eigenvalue weighted by Gasteiger charge is -2.34. The molecule has 2 fully saturated rings. The minimum Gasteiger partial charge on any atom is -0.370 e. The Morgan fingerprint density at radius 1 is 1.10 bits per heavy atom. The van der Waals surface area contributed by atoms with Gasteiger partial charge in [-0.15, -0.1) is 0 Å². The number of amides is 2. The van der Waals surface area contributed by atoms with Crippen molar-refractivity contribution >= 4 is 23.6 Å². The van der Waals surface area contributed by atoms with Gasteiger partial charge in [0.2, 0.25) is 11.9 Å². The fourth-order valence-electron chi connectivity index (χ4n) is 5.04. The van der Waals surface area contributed by atoms with E-state index in [0.29, 0.717) is 44.4 Å². The standard InChI is InChI=1S/C23H36N6O2/c1-3-11-29-16-19-20(22(29)31)25-23(28-14-12-27(13-15-28)17(2)30)26-21(19)24-10-9-18-7-5-4-6-8-18/h18H,3-16H2,1-2H3,(H,24,25,26). The first-order chi connectivity index (χ1) is 15.1. The van der Waals surface area contributed by atoms with E-state index in [-0.39, 0.29) is 11.8 Å². The van der Waals surface area contributed by atoms with Gasteiger partial charge in [-0.3, -0.25) is 9.59 Å². The van der Waals surface area contributed by atoms with Gasteiger partial charge in [0.15, 0.2) is 0 Å². The lowest BCUT2D eigenvalue weighted by atomic mass is 9.87. The summed E-state index contributed by atoms with van der Waals surface area (Å²) in [5.41, 5.74) is 1.49. The zero-order valence-corrected chi connectivity index (χ0v) is 19.0. The molecule has 1 aromatic heterocycles. The molecule has 1 aromatic rings. The van der Waals surface area contributed by atoms with Crippen molar-refractivity contribution in [3.05, 3.63) is 11.3 Å². The van der Waals surface area contributed by atoms with Crippen molar-refractivity contribution in [1.82, 2.24) is 19.8 Å². The number of carbonyl (C=O) groups excluding carboxylic acids is 2. The molecule has 3 aliphatic rings. The Morgan fingerprint density at radius 3 is 2.52 bits per heavy atom. The predicted octanol–water partition coefficient (Wildman–Crippen LogP) is 2.89. The Bertz CT molecular complexity index is 800. The molecule has 170 valence electrons. The van der Waals surface area contributed by atoms with E-state index in [1.54, 1.807) is 6.92 Å². The summed E-state index contributed by atoms with van der Waals surface area (Å²) in [5.74, 6) is 2.34. The summed E-state index contributed by atoms with van der Waals surface area (Å²) in [6.45, 7) is 8.61. The highest BCUT2D eigenvalue weighted by atomic mass is 16.2. The van der Waals surface area contributed by atoms with Crippen LogP contribution in [-0.2, 0) is 11.3 Å². The Balaban J connectivity index is 1.51. The van der Waals surface area contributed by atoms with Crippen LogP contribution in [0.15, 0.2) is 0 Å². The highest BCUT2D eigenvalue weighted by molar-refractivity contribution is 5.98. The third kappa shape index (κ3) is 4.93. The van der Waals surface area contributed by atoms with Gasteiger partial charge in [0.1, 0.15) is 11.5 Å². The fourth-order valence-corrected chi connectivity index (χ4v) is 5.04. The van der Waals surface area contributed by atoms with Crippen LogP contribution < -0.4 is 10.2 Å². The van der Waals surface area contributed by atoms with Gasteiger partial charge in [0.05, 0.1) is 6.54 Å². The van der Waals surface area contributed by atoms with Gasteiger partial charge in [0.25, 0.3) is 5.91 Å². The zero-order chi connectivity index (χ0) is 21.8. The van der Waals surface area contributed by atoms with Gasteiger partial charge in [0, 0.05) is 51.8 Å². The molecule has 0 unspecified atom stereocenters. The number of hydrogen-bond donors (Lipinski definition) is 1. The molecule has 2 aliphatic heterocycles. The minimum absolute atomic E-state index is 0.0122. The SMILES string of the molecule is CCCN1Cc2c(NCCC3CCCCC3)nc(N3CCN(C(C)=O)CC3)nc2C1=O. The van der Waals surface area contributed by atoms with Crippen LogP contribution in [0.1, 0.15) is 74.8 Å². The third-order valence-electron chi connectivity index (χ3n) is 6.91. The number of hydrogen-bond acceptors (Lipinski definition) is 6. The molecule has 4 rings (SSSR count). The lowest BCUT2D eigenvalue weighted by molar-refractivity contribution is -0.129. The minimum atomic E-state index is 0.0122. The summed E-state index contributed by atoms with van der Waals surface area (Å²) in [7, 11) is 0. The van der Waals surface area contributed by atoms with Crippen molar-refractivity contribution in [2.45, 2.75) is 65.3 Å². The average molecular weight is 429 g/mol. The fraction of sp³-hybridized carbons (Fsp3) is 0.739. The number of aromatic nitrogens is 2. The molecular weight excluding hydrogens is 392 g/mol. The number of nitrogens with one attached hydrogen (secondary N) is 1. The second-order valence-electron chi connectivity index (χ2n) is 9.14. The Labute approximate surface area is 185 Å². The number of fused-ring (bicyclic) bond motifs is 1. The van der Waals surface area contributed by atoms with Crippen molar-refractivity contribution < 1.29 is 9.59 Å². The summed E-state index contributed by atoms with van der Waals surface area (Å²) in [5, 5.41) is 3.56. The van der Waals surface area contributed by atoms with Crippen molar-refractivity contribution in [1.29, 1.82) is 0 Å². The van der Waals surface area contributed by atoms with Crippen LogP contribution >= 0.6 is 0 Å². The second kappa shape index (κ2) is 9.83. The maximum atomic E-state index is 13.0. The second-order valence-corrected chi connectivity index (χ2v) is 9.14. The Kier molecular flexibility index (Phi) is 6.92. The zero-order valence-electron chi connectivity index (χ0n) is 19.0. The van der Waals surface area contributed by atoms with Crippen LogP contribution in [0.2, 0.25) is 0 Å². The van der Waals surface area contributed by atoms with Gasteiger partial charge < -0.3 is 20.0 Å². The molecule has 3 heterocycles. The van der Waals surface area contributed by atoms with Crippen LogP contribution in [0.3, 0.4) is 0 Å². The maximum Gasteiger partial charge on any atom is 0.273 e. The van der Waals surface area contributed by atoms with Gasteiger partial charge in [-0.25, -0.2) is 4.98 Å². The molecule has 8 nitrogen and oxygen atoms in total. The molecule has 0 atom stereocenters. The van der Waals surface area contributed by atoms with E-state index in [1.807, 2.05) is 9.80 Å². The van der Waals surface area contributed by atoms with E-state index in [1.165, 1.54) is 32.1 Å². The predicted molar refractivity (Wildman–Crippen MR) is 121 cm³/mol. The van der Waals surface area contributed by atoms with Gasteiger partial charge in [-0.1, -0.05) is 39.0 Å². The van der Waals surface area contributed by atoms with Gasteiger partial charge >= 0.3 is 0 Å². The van der Waals surface area contributed by atoms with E-state index < -0.39 is 0 Å². The first-order valence-electron chi connectivity index (χ1n) is 12.0. The first kappa shape index (κ1) is 21.8. The van der Waals surface area contributed by atoms with E-state index in [0.717, 1.165) is 43.2 Å².